The maximum atomic E-state index is 14.9. The lowest BCUT2D eigenvalue weighted by Gasteiger charge is -2.10. The molecule has 0 atom stereocenters. The Morgan fingerprint density at radius 3 is 2.19 bits per heavy atom. The summed E-state index contributed by atoms with van der Waals surface area (Å²) in [6.45, 7) is 4.65. The third-order valence-electron chi connectivity index (χ3n) is 4.78. The van der Waals surface area contributed by atoms with Crippen molar-refractivity contribution in [2.75, 3.05) is 0 Å². The predicted molar refractivity (Wildman–Crippen MR) is 94.8 cm³/mol. The first-order valence-electron chi connectivity index (χ1n) is 8.15. The Balaban J connectivity index is 2.29. The van der Waals surface area contributed by atoms with Crippen LogP contribution in [-0.2, 0) is 0 Å². The average molecular weight is 357 g/mol. The van der Waals surface area contributed by atoms with E-state index in [0.717, 1.165) is 0 Å². The highest BCUT2D eigenvalue weighted by atomic mass is 19.1. The number of benzene rings is 3. The van der Waals surface area contributed by atoms with Crippen LogP contribution in [0.3, 0.4) is 0 Å². The molecule has 1 nitrogen and oxygen atoms in total. The van der Waals surface area contributed by atoms with Crippen LogP contribution in [-0.4, -0.2) is 4.57 Å². The summed E-state index contributed by atoms with van der Waals surface area (Å²) in [5.74, 6) is -2.52. The highest BCUT2D eigenvalue weighted by Gasteiger charge is 2.22. The summed E-state index contributed by atoms with van der Waals surface area (Å²) in [6.07, 6.45) is 0. The van der Waals surface area contributed by atoms with Gasteiger partial charge >= 0.3 is 0 Å². The Kier molecular flexibility index (Phi) is 3.58. The molecular weight excluding hydrogens is 342 g/mol. The Bertz CT molecular complexity index is 1200. The van der Waals surface area contributed by atoms with Gasteiger partial charge in [-0.15, -0.1) is 0 Å². The number of aromatic nitrogens is 1. The largest absolute Gasteiger partial charge is 0.306 e. The third kappa shape index (κ3) is 2.23. The predicted octanol–water partition coefficient (Wildman–Crippen LogP) is 6.27. The van der Waals surface area contributed by atoms with Gasteiger partial charge in [0.2, 0.25) is 0 Å². The Morgan fingerprint density at radius 1 is 0.769 bits per heavy atom. The molecular formula is C21H15F4N. The minimum absolute atomic E-state index is 0.0951. The van der Waals surface area contributed by atoms with E-state index in [4.69, 9.17) is 0 Å². The highest BCUT2D eigenvalue weighted by molar-refractivity contribution is 6.10. The molecule has 0 saturated heterocycles. The van der Waals surface area contributed by atoms with Crippen molar-refractivity contribution < 1.29 is 17.6 Å². The molecule has 0 amide bonds. The second kappa shape index (κ2) is 5.59. The lowest BCUT2D eigenvalue weighted by Crippen LogP contribution is -1.99. The molecule has 5 heteroatoms. The zero-order chi connectivity index (χ0) is 18.7. The van der Waals surface area contributed by atoms with E-state index in [-0.39, 0.29) is 22.0 Å². The van der Waals surface area contributed by atoms with Gasteiger partial charge in [0, 0.05) is 22.0 Å². The summed E-state index contributed by atoms with van der Waals surface area (Å²) >= 11 is 0. The van der Waals surface area contributed by atoms with Gasteiger partial charge in [-0.3, -0.25) is 0 Å². The summed E-state index contributed by atoms with van der Waals surface area (Å²) < 4.78 is 59.4. The summed E-state index contributed by atoms with van der Waals surface area (Å²) in [4.78, 5) is 0. The number of hydrogen-bond acceptors (Lipinski definition) is 0. The molecule has 0 unspecified atom stereocenters. The standard InChI is InChI=1S/C21H15F4N/c1-10-6-14-19-18(9-16(23)12(3)20(19)25)26(21(14)17(24)7-10)13-5-4-11(2)15(22)8-13/h4-9H,1-3H3. The molecule has 0 N–H and O–H groups in total. The average Bonchev–Trinajstić information content (AvgIpc) is 2.89. The molecule has 0 radical (unpaired) electrons. The van der Waals surface area contributed by atoms with Gasteiger partial charge in [-0.05, 0) is 62.2 Å². The van der Waals surface area contributed by atoms with Crippen LogP contribution >= 0.6 is 0 Å². The van der Waals surface area contributed by atoms with Crippen molar-refractivity contribution >= 4 is 21.8 Å². The van der Waals surface area contributed by atoms with Gasteiger partial charge in [-0.2, -0.15) is 0 Å². The number of hydrogen-bond donors (Lipinski definition) is 0. The second-order valence-corrected chi connectivity index (χ2v) is 6.60. The minimum Gasteiger partial charge on any atom is -0.306 e. The van der Waals surface area contributed by atoms with Crippen molar-refractivity contribution in [2.24, 2.45) is 0 Å². The SMILES string of the molecule is Cc1cc(F)c2c(c1)c1c(F)c(C)c(F)cc1n2-c1ccc(C)c(F)c1. The van der Waals surface area contributed by atoms with Gasteiger partial charge < -0.3 is 4.57 Å². The monoisotopic (exact) mass is 357 g/mol. The van der Waals surface area contributed by atoms with Gasteiger partial charge in [0.05, 0.1) is 11.0 Å². The molecule has 0 bridgehead atoms. The van der Waals surface area contributed by atoms with Crippen LogP contribution in [0.2, 0.25) is 0 Å². The van der Waals surface area contributed by atoms with E-state index in [2.05, 4.69) is 0 Å². The van der Waals surface area contributed by atoms with Crippen LogP contribution in [0, 0.1) is 44.0 Å². The van der Waals surface area contributed by atoms with Crippen molar-refractivity contribution in [2.45, 2.75) is 20.8 Å². The van der Waals surface area contributed by atoms with Crippen molar-refractivity contribution in [3.8, 4) is 5.69 Å². The topological polar surface area (TPSA) is 4.93 Å². The number of halogens is 4. The Labute approximate surface area is 147 Å². The first kappa shape index (κ1) is 16.6. The van der Waals surface area contributed by atoms with E-state index >= 15 is 0 Å². The molecule has 132 valence electrons. The van der Waals surface area contributed by atoms with Crippen molar-refractivity contribution in [1.29, 1.82) is 0 Å². The van der Waals surface area contributed by atoms with Crippen molar-refractivity contribution in [3.05, 3.63) is 76.4 Å². The fraction of sp³-hybridized carbons (Fsp3) is 0.143. The molecule has 3 aromatic carbocycles. The fourth-order valence-corrected chi connectivity index (χ4v) is 3.40. The van der Waals surface area contributed by atoms with Gasteiger partial charge in [-0.25, -0.2) is 17.6 Å². The first-order chi connectivity index (χ1) is 12.3. The van der Waals surface area contributed by atoms with Gasteiger partial charge in [-0.1, -0.05) is 6.07 Å². The summed E-state index contributed by atoms with van der Waals surface area (Å²) in [6, 6.07) is 8.54. The van der Waals surface area contributed by atoms with Crippen LogP contribution < -0.4 is 0 Å². The number of fused-ring (bicyclic) bond motifs is 3. The van der Waals surface area contributed by atoms with Crippen LogP contribution in [0.4, 0.5) is 17.6 Å². The molecule has 0 fully saturated rings. The van der Waals surface area contributed by atoms with Crippen LogP contribution in [0.5, 0.6) is 0 Å². The number of aryl methyl sites for hydroxylation is 2. The van der Waals surface area contributed by atoms with Crippen LogP contribution in [0.1, 0.15) is 16.7 Å². The van der Waals surface area contributed by atoms with E-state index in [1.165, 1.54) is 29.7 Å². The molecule has 26 heavy (non-hydrogen) atoms. The molecule has 1 heterocycles. The molecule has 4 aromatic rings. The highest BCUT2D eigenvalue weighted by Crippen LogP contribution is 2.37. The van der Waals surface area contributed by atoms with Crippen LogP contribution in [0.25, 0.3) is 27.5 Å². The molecule has 0 aliphatic carbocycles. The summed E-state index contributed by atoms with van der Waals surface area (Å²) in [5, 5.41) is 0.460. The molecule has 4 rings (SSSR count). The lowest BCUT2D eigenvalue weighted by atomic mass is 10.1. The van der Waals surface area contributed by atoms with Gasteiger partial charge in [0.25, 0.3) is 0 Å². The molecule has 0 saturated carbocycles. The van der Waals surface area contributed by atoms with Crippen molar-refractivity contribution in [1.82, 2.24) is 4.57 Å². The van der Waals surface area contributed by atoms with Gasteiger partial charge in [0.15, 0.2) is 0 Å². The second-order valence-electron chi connectivity index (χ2n) is 6.60. The van der Waals surface area contributed by atoms with E-state index in [9.17, 15) is 17.6 Å². The quantitative estimate of drug-likeness (QED) is 0.354. The fourth-order valence-electron chi connectivity index (χ4n) is 3.40. The van der Waals surface area contributed by atoms with E-state index in [1.54, 1.807) is 32.0 Å². The molecule has 0 spiro atoms. The van der Waals surface area contributed by atoms with E-state index < -0.39 is 23.3 Å². The zero-order valence-electron chi connectivity index (χ0n) is 14.4. The van der Waals surface area contributed by atoms with Crippen LogP contribution in [0.15, 0.2) is 36.4 Å². The smallest absolute Gasteiger partial charge is 0.148 e. The first-order valence-corrected chi connectivity index (χ1v) is 8.15. The number of rotatable bonds is 1. The molecule has 1 aromatic heterocycles. The summed E-state index contributed by atoms with van der Waals surface area (Å²) in [7, 11) is 0. The molecule has 0 aliphatic rings. The van der Waals surface area contributed by atoms with Gasteiger partial charge in [0.1, 0.15) is 23.3 Å². The normalized spacial score (nSPS) is 11.7. The molecule has 0 aliphatic heterocycles. The zero-order valence-corrected chi connectivity index (χ0v) is 14.4. The number of nitrogens with zero attached hydrogens (tertiary/aromatic N) is 1. The Hall–Kier alpha value is -2.82. The maximum Gasteiger partial charge on any atom is 0.148 e. The summed E-state index contributed by atoms with van der Waals surface area (Å²) in [5.41, 5.74) is 1.47. The maximum absolute atomic E-state index is 14.9. The third-order valence-corrected chi connectivity index (χ3v) is 4.78. The lowest BCUT2D eigenvalue weighted by molar-refractivity contribution is 0.577. The van der Waals surface area contributed by atoms with Crippen molar-refractivity contribution in [3.63, 3.8) is 0 Å². The van der Waals surface area contributed by atoms with E-state index in [1.807, 2.05) is 0 Å². The minimum atomic E-state index is -0.735. The Morgan fingerprint density at radius 2 is 1.50 bits per heavy atom. The van der Waals surface area contributed by atoms with E-state index in [0.29, 0.717) is 22.2 Å².